The number of alkyl carbamates (subject to hydrolysis) is 1. The molecule has 0 spiro atoms. The van der Waals surface area contributed by atoms with Crippen LogP contribution in [0.3, 0.4) is 0 Å². The number of carbonyl (C=O) groups is 3. The molecule has 1 fully saturated rings. The van der Waals surface area contributed by atoms with Gasteiger partial charge in [-0.1, -0.05) is 61.0 Å². The lowest BCUT2D eigenvalue weighted by atomic mass is 9.96. The molecule has 34 heavy (non-hydrogen) atoms. The molecule has 2 aliphatic rings. The van der Waals surface area contributed by atoms with E-state index in [0.717, 1.165) is 35.1 Å². The Hall–Kier alpha value is -3.61. The highest BCUT2D eigenvalue weighted by atomic mass is 16.5. The maximum Gasteiger partial charge on any atom is 0.407 e. The average Bonchev–Trinajstić information content (AvgIpc) is 3.44. The van der Waals surface area contributed by atoms with Crippen molar-refractivity contribution in [1.82, 2.24) is 10.6 Å². The molecule has 0 aliphatic heterocycles. The van der Waals surface area contributed by atoms with Crippen molar-refractivity contribution in [1.29, 1.82) is 0 Å². The fourth-order valence-corrected chi connectivity index (χ4v) is 5.14. The standard InChI is InChI=1S/C27H30N2O5/c1-2-8-24(25(30)28-15-17-9-7-14-18(17)26(31)32)29-27(33)34-16-23-21-12-5-3-10-19(21)20-11-4-6-13-22(20)23/h2-6,10-13,17-18,23-24H,1,7-9,14-16H2,(H,28,30)(H,29,33)(H,31,32)/t17-,18-,24?/m1/s1. The molecule has 0 saturated heterocycles. The molecule has 0 radical (unpaired) electrons. The van der Waals surface area contributed by atoms with Crippen molar-refractivity contribution < 1.29 is 24.2 Å². The highest BCUT2D eigenvalue weighted by molar-refractivity contribution is 5.86. The molecule has 2 aromatic carbocycles. The van der Waals surface area contributed by atoms with Crippen LogP contribution in [0.5, 0.6) is 0 Å². The molecule has 2 aliphatic carbocycles. The summed E-state index contributed by atoms with van der Waals surface area (Å²) in [6.07, 6.45) is 3.36. The third kappa shape index (κ3) is 4.98. The first-order chi connectivity index (χ1) is 16.5. The van der Waals surface area contributed by atoms with Crippen molar-refractivity contribution in [3.63, 3.8) is 0 Å². The number of nitrogens with one attached hydrogen (secondary N) is 2. The van der Waals surface area contributed by atoms with Crippen LogP contribution in [-0.2, 0) is 14.3 Å². The van der Waals surface area contributed by atoms with Crippen LogP contribution in [0.25, 0.3) is 11.1 Å². The minimum absolute atomic E-state index is 0.0693. The molecule has 0 bridgehead atoms. The molecule has 2 amide bonds. The van der Waals surface area contributed by atoms with Gasteiger partial charge in [-0.3, -0.25) is 9.59 Å². The number of fused-ring (bicyclic) bond motifs is 3. The highest BCUT2D eigenvalue weighted by Crippen LogP contribution is 2.44. The van der Waals surface area contributed by atoms with Crippen molar-refractivity contribution >= 4 is 18.0 Å². The summed E-state index contributed by atoms with van der Waals surface area (Å²) in [6, 6.07) is 15.3. The van der Waals surface area contributed by atoms with Gasteiger partial charge in [-0.05, 0) is 47.4 Å². The molecule has 3 N–H and O–H groups in total. The highest BCUT2D eigenvalue weighted by Gasteiger charge is 2.34. The Kier molecular flexibility index (Phi) is 7.30. The summed E-state index contributed by atoms with van der Waals surface area (Å²) in [5.41, 5.74) is 4.51. The summed E-state index contributed by atoms with van der Waals surface area (Å²) in [5, 5.41) is 14.8. The first-order valence-electron chi connectivity index (χ1n) is 11.7. The maximum absolute atomic E-state index is 12.7. The van der Waals surface area contributed by atoms with E-state index in [1.807, 2.05) is 36.4 Å². The molecule has 0 heterocycles. The number of hydrogen-bond donors (Lipinski definition) is 3. The Labute approximate surface area is 199 Å². The molecular formula is C27H30N2O5. The largest absolute Gasteiger partial charge is 0.481 e. The topological polar surface area (TPSA) is 105 Å². The Bertz CT molecular complexity index is 1040. The van der Waals surface area contributed by atoms with Crippen LogP contribution in [0.1, 0.15) is 42.7 Å². The van der Waals surface area contributed by atoms with Crippen LogP contribution in [0.4, 0.5) is 4.79 Å². The van der Waals surface area contributed by atoms with Crippen molar-refractivity contribution in [2.24, 2.45) is 11.8 Å². The third-order valence-corrected chi connectivity index (χ3v) is 6.87. The molecule has 178 valence electrons. The van der Waals surface area contributed by atoms with E-state index in [2.05, 4.69) is 29.3 Å². The van der Waals surface area contributed by atoms with Gasteiger partial charge >= 0.3 is 12.1 Å². The Balaban J connectivity index is 1.34. The van der Waals surface area contributed by atoms with Crippen molar-refractivity contribution in [3.8, 4) is 11.1 Å². The van der Waals surface area contributed by atoms with Gasteiger partial charge in [0.2, 0.25) is 5.91 Å². The zero-order valence-corrected chi connectivity index (χ0v) is 19.0. The number of ether oxygens (including phenoxy) is 1. The van der Waals surface area contributed by atoms with Crippen molar-refractivity contribution in [2.45, 2.75) is 37.6 Å². The number of rotatable bonds is 9. The van der Waals surface area contributed by atoms with Gasteiger partial charge < -0.3 is 20.5 Å². The van der Waals surface area contributed by atoms with Gasteiger partial charge in [-0.15, -0.1) is 6.58 Å². The maximum atomic E-state index is 12.7. The summed E-state index contributed by atoms with van der Waals surface area (Å²) in [6.45, 7) is 4.10. The lowest BCUT2D eigenvalue weighted by Gasteiger charge is -2.21. The van der Waals surface area contributed by atoms with E-state index >= 15 is 0 Å². The second-order valence-electron chi connectivity index (χ2n) is 8.93. The Morgan fingerprint density at radius 2 is 1.71 bits per heavy atom. The zero-order valence-electron chi connectivity index (χ0n) is 19.0. The molecule has 4 rings (SSSR count). The smallest absolute Gasteiger partial charge is 0.407 e. The average molecular weight is 463 g/mol. The molecule has 7 heteroatoms. The molecular weight excluding hydrogens is 432 g/mol. The van der Waals surface area contributed by atoms with Crippen LogP contribution >= 0.6 is 0 Å². The summed E-state index contributed by atoms with van der Waals surface area (Å²) in [4.78, 5) is 36.7. The fraction of sp³-hybridized carbons (Fsp3) is 0.370. The van der Waals surface area contributed by atoms with Gasteiger partial charge in [0.15, 0.2) is 0 Å². The van der Waals surface area contributed by atoms with Crippen LogP contribution in [0, 0.1) is 11.8 Å². The van der Waals surface area contributed by atoms with E-state index < -0.39 is 24.0 Å². The second kappa shape index (κ2) is 10.5. The number of aliphatic carboxylic acids is 1. The Morgan fingerprint density at radius 1 is 1.06 bits per heavy atom. The van der Waals surface area contributed by atoms with E-state index in [1.54, 1.807) is 6.08 Å². The normalized spacial score (nSPS) is 19.5. The molecule has 7 nitrogen and oxygen atoms in total. The fourth-order valence-electron chi connectivity index (χ4n) is 5.14. The Morgan fingerprint density at radius 3 is 2.32 bits per heavy atom. The summed E-state index contributed by atoms with van der Waals surface area (Å²) in [5.74, 6) is -1.80. The quantitative estimate of drug-likeness (QED) is 0.487. The summed E-state index contributed by atoms with van der Waals surface area (Å²) in [7, 11) is 0. The number of carboxylic acids is 1. The minimum atomic E-state index is -0.835. The second-order valence-corrected chi connectivity index (χ2v) is 8.93. The van der Waals surface area contributed by atoms with Crippen molar-refractivity contribution in [2.75, 3.05) is 13.2 Å². The van der Waals surface area contributed by atoms with E-state index in [0.29, 0.717) is 6.42 Å². The van der Waals surface area contributed by atoms with Gasteiger partial charge in [-0.25, -0.2) is 4.79 Å². The zero-order chi connectivity index (χ0) is 24.1. The summed E-state index contributed by atoms with van der Waals surface area (Å²) >= 11 is 0. The lowest BCUT2D eigenvalue weighted by Crippen LogP contribution is -2.48. The van der Waals surface area contributed by atoms with Crippen molar-refractivity contribution in [3.05, 3.63) is 72.3 Å². The predicted molar refractivity (Wildman–Crippen MR) is 128 cm³/mol. The number of benzene rings is 2. The number of carbonyl (C=O) groups excluding carboxylic acids is 2. The van der Waals surface area contributed by atoms with Crippen LogP contribution in [0.2, 0.25) is 0 Å². The predicted octanol–water partition coefficient (Wildman–Crippen LogP) is 4.09. The SMILES string of the molecule is C=CCC(NC(=O)OCC1c2ccccc2-c2ccccc21)C(=O)NC[C@H]1CCC[C@H]1C(=O)O. The molecule has 1 unspecified atom stereocenters. The van der Waals surface area contributed by atoms with E-state index in [4.69, 9.17) is 4.74 Å². The molecule has 3 atom stereocenters. The van der Waals surface area contributed by atoms with Gasteiger partial charge in [-0.2, -0.15) is 0 Å². The van der Waals surface area contributed by atoms with Crippen LogP contribution < -0.4 is 10.6 Å². The van der Waals surface area contributed by atoms with E-state index in [-0.39, 0.29) is 37.3 Å². The third-order valence-electron chi connectivity index (χ3n) is 6.87. The van der Waals surface area contributed by atoms with Crippen LogP contribution in [0.15, 0.2) is 61.2 Å². The van der Waals surface area contributed by atoms with Gasteiger partial charge in [0, 0.05) is 12.5 Å². The van der Waals surface area contributed by atoms with Gasteiger partial charge in [0.25, 0.3) is 0 Å². The lowest BCUT2D eigenvalue weighted by molar-refractivity contribution is -0.143. The number of carboxylic acid groups (broad SMARTS) is 1. The monoisotopic (exact) mass is 462 g/mol. The first kappa shape index (κ1) is 23.5. The van der Waals surface area contributed by atoms with Gasteiger partial charge in [0.05, 0.1) is 5.92 Å². The van der Waals surface area contributed by atoms with E-state index in [1.165, 1.54) is 0 Å². The number of hydrogen-bond acceptors (Lipinski definition) is 4. The number of amides is 2. The molecule has 2 aromatic rings. The minimum Gasteiger partial charge on any atom is -0.481 e. The van der Waals surface area contributed by atoms with Crippen LogP contribution in [-0.4, -0.2) is 42.3 Å². The molecule has 0 aromatic heterocycles. The van der Waals surface area contributed by atoms with E-state index in [9.17, 15) is 19.5 Å². The summed E-state index contributed by atoms with van der Waals surface area (Å²) < 4.78 is 5.55. The van der Waals surface area contributed by atoms with Gasteiger partial charge in [0.1, 0.15) is 12.6 Å². The first-order valence-corrected chi connectivity index (χ1v) is 11.7. The molecule has 1 saturated carbocycles.